The molecular formula is C14H13N5O. The van der Waals surface area contributed by atoms with Crippen molar-refractivity contribution >= 4 is 11.6 Å². The fourth-order valence-electron chi connectivity index (χ4n) is 1.94. The van der Waals surface area contributed by atoms with Gasteiger partial charge in [-0.25, -0.2) is 4.98 Å². The summed E-state index contributed by atoms with van der Waals surface area (Å²) in [6.45, 7) is 0. The van der Waals surface area contributed by atoms with Gasteiger partial charge in [0, 0.05) is 18.7 Å². The lowest BCUT2D eigenvalue weighted by atomic mass is 10.2. The molecule has 2 aromatic rings. The summed E-state index contributed by atoms with van der Waals surface area (Å²) in [5, 5.41) is 15.6. The monoisotopic (exact) mass is 267 g/mol. The second kappa shape index (κ2) is 4.78. The summed E-state index contributed by atoms with van der Waals surface area (Å²) < 4.78 is 0. The molecule has 6 heteroatoms. The number of carbonyl (C=O) groups excluding carboxylic acids is 1. The molecule has 1 heterocycles. The lowest BCUT2D eigenvalue weighted by molar-refractivity contribution is 0.0983. The Hall–Kier alpha value is -2.68. The maximum atomic E-state index is 12.3. The number of amides is 1. The molecule has 0 saturated heterocycles. The number of H-pyrrole nitrogens is 1. The van der Waals surface area contributed by atoms with Gasteiger partial charge in [0.2, 0.25) is 5.82 Å². The third-order valence-corrected chi connectivity index (χ3v) is 3.35. The Labute approximate surface area is 116 Å². The largest absolute Gasteiger partial charge is 0.309 e. The Morgan fingerprint density at radius 1 is 1.40 bits per heavy atom. The van der Waals surface area contributed by atoms with Gasteiger partial charge in [-0.05, 0) is 37.1 Å². The fourth-order valence-corrected chi connectivity index (χ4v) is 1.94. The third-order valence-electron chi connectivity index (χ3n) is 3.35. The van der Waals surface area contributed by atoms with E-state index < -0.39 is 0 Å². The van der Waals surface area contributed by atoms with Crippen LogP contribution in [0.25, 0.3) is 0 Å². The molecule has 0 aliphatic heterocycles. The first-order valence-corrected chi connectivity index (χ1v) is 6.39. The van der Waals surface area contributed by atoms with Crippen molar-refractivity contribution in [3.05, 3.63) is 41.5 Å². The zero-order valence-electron chi connectivity index (χ0n) is 11.0. The topological polar surface area (TPSA) is 85.7 Å². The smallest absolute Gasteiger partial charge is 0.297 e. The Morgan fingerprint density at radius 2 is 2.10 bits per heavy atom. The minimum absolute atomic E-state index is 0.179. The third kappa shape index (κ3) is 2.26. The number of benzene rings is 1. The average Bonchev–Trinajstić information content (AvgIpc) is 3.23. The summed E-state index contributed by atoms with van der Waals surface area (Å²) in [6, 6.07) is 8.84. The average molecular weight is 267 g/mol. The fraction of sp³-hybridized carbons (Fsp3) is 0.286. The molecule has 0 spiro atoms. The molecule has 100 valence electrons. The molecule has 0 atom stereocenters. The first-order valence-electron chi connectivity index (χ1n) is 6.39. The number of rotatable bonds is 3. The van der Waals surface area contributed by atoms with E-state index in [1.54, 1.807) is 31.3 Å². The van der Waals surface area contributed by atoms with Crippen molar-refractivity contribution in [3.8, 4) is 6.07 Å². The van der Waals surface area contributed by atoms with E-state index in [2.05, 4.69) is 15.2 Å². The Morgan fingerprint density at radius 3 is 2.70 bits per heavy atom. The number of anilines is 1. The van der Waals surface area contributed by atoms with E-state index in [-0.39, 0.29) is 11.7 Å². The molecule has 0 radical (unpaired) electrons. The van der Waals surface area contributed by atoms with Gasteiger partial charge in [-0.3, -0.25) is 9.89 Å². The number of nitriles is 1. The lowest BCUT2D eigenvalue weighted by Crippen LogP contribution is -2.27. The SMILES string of the molecule is CN(C(=O)c1n[nH]c(C2CC2)n1)c1ccc(C#N)cc1. The zero-order valence-corrected chi connectivity index (χ0v) is 11.0. The molecule has 1 aliphatic carbocycles. The van der Waals surface area contributed by atoms with E-state index in [1.165, 1.54) is 4.90 Å². The van der Waals surface area contributed by atoms with Crippen LogP contribution in [0.3, 0.4) is 0 Å². The molecule has 1 aromatic heterocycles. The molecule has 20 heavy (non-hydrogen) atoms. The van der Waals surface area contributed by atoms with E-state index in [1.807, 2.05) is 6.07 Å². The van der Waals surface area contributed by atoms with Crippen LogP contribution in [0.4, 0.5) is 5.69 Å². The quantitative estimate of drug-likeness (QED) is 0.919. The summed E-state index contributed by atoms with van der Waals surface area (Å²) in [4.78, 5) is 18.0. The van der Waals surface area contributed by atoms with Gasteiger partial charge in [0.25, 0.3) is 5.91 Å². The molecule has 0 unspecified atom stereocenters. The van der Waals surface area contributed by atoms with Gasteiger partial charge in [0.05, 0.1) is 11.6 Å². The second-order valence-electron chi connectivity index (χ2n) is 4.84. The summed E-state index contributed by atoms with van der Waals surface area (Å²) in [5.74, 6) is 1.14. The van der Waals surface area contributed by atoms with E-state index in [4.69, 9.17) is 5.26 Å². The summed E-state index contributed by atoms with van der Waals surface area (Å²) in [6.07, 6.45) is 2.21. The number of aromatic amines is 1. The molecule has 1 amide bonds. The van der Waals surface area contributed by atoms with E-state index >= 15 is 0 Å². The number of aromatic nitrogens is 3. The zero-order chi connectivity index (χ0) is 14.1. The highest BCUT2D eigenvalue weighted by Crippen LogP contribution is 2.37. The van der Waals surface area contributed by atoms with Crippen LogP contribution in [0.2, 0.25) is 0 Å². The van der Waals surface area contributed by atoms with Crippen LogP contribution in [0, 0.1) is 11.3 Å². The first-order chi connectivity index (χ1) is 9.69. The molecule has 1 aromatic carbocycles. The predicted octanol–water partition coefficient (Wildman–Crippen LogP) is 1.83. The summed E-state index contributed by atoms with van der Waals surface area (Å²) in [7, 11) is 1.66. The maximum absolute atomic E-state index is 12.3. The number of nitrogens with zero attached hydrogens (tertiary/aromatic N) is 4. The van der Waals surface area contributed by atoms with Gasteiger partial charge in [0.1, 0.15) is 5.82 Å². The normalized spacial score (nSPS) is 13.8. The van der Waals surface area contributed by atoms with Crippen molar-refractivity contribution in [2.75, 3.05) is 11.9 Å². The molecular weight excluding hydrogens is 254 g/mol. The standard InChI is InChI=1S/C14H13N5O/c1-19(11-6-2-9(8-15)3-7-11)14(20)13-16-12(17-18-13)10-4-5-10/h2-3,6-7,10H,4-5H2,1H3,(H,16,17,18). The Kier molecular flexibility index (Phi) is 2.95. The molecule has 1 aliphatic rings. The highest BCUT2D eigenvalue weighted by Gasteiger charge is 2.28. The summed E-state index contributed by atoms with van der Waals surface area (Å²) in [5.41, 5.74) is 1.26. The van der Waals surface area contributed by atoms with Crippen molar-refractivity contribution < 1.29 is 4.79 Å². The van der Waals surface area contributed by atoms with Crippen molar-refractivity contribution in [2.24, 2.45) is 0 Å². The van der Waals surface area contributed by atoms with Crippen LogP contribution in [-0.4, -0.2) is 28.1 Å². The van der Waals surface area contributed by atoms with Crippen molar-refractivity contribution in [1.29, 1.82) is 5.26 Å². The van der Waals surface area contributed by atoms with Gasteiger partial charge in [-0.2, -0.15) is 5.26 Å². The maximum Gasteiger partial charge on any atom is 0.297 e. The Bertz CT molecular complexity index is 678. The van der Waals surface area contributed by atoms with E-state index in [0.29, 0.717) is 17.2 Å². The minimum Gasteiger partial charge on any atom is -0.309 e. The highest BCUT2D eigenvalue weighted by molar-refractivity contribution is 6.03. The number of hydrogen-bond acceptors (Lipinski definition) is 4. The lowest BCUT2D eigenvalue weighted by Gasteiger charge is -2.15. The molecule has 6 nitrogen and oxygen atoms in total. The first kappa shape index (κ1) is 12.4. The van der Waals surface area contributed by atoms with Crippen molar-refractivity contribution in [2.45, 2.75) is 18.8 Å². The van der Waals surface area contributed by atoms with Gasteiger partial charge in [-0.1, -0.05) is 0 Å². The van der Waals surface area contributed by atoms with Crippen molar-refractivity contribution in [3.63, 3.8) is 0 Å². The molecule has 0 bridgehead atoms. The minimum atomic E-state index is -0.266. The van der Waals surface area contributed by atoms with E-state index in [0.717, 1.165) is 18.7 Å². The second-order valence-corrected chi connectivity index (χ2v) is 4.84. The van der Waals surface area contributed by atoms with Crippen LogP contribution in [0.15, 0.2) is 24.3 Å². The molecule has 1 fully saturated rings. The molecule has 1 N–H and O–H groups in total. The van der Waals surface area contributed by atoms with Gasteiger partial charge in [-0.15, -0.1) is 5.10 Å². The Balaban J connectivity index is 1.79. The van der Waals surface area contributed by atoms with Gasteiger partial charge >= 0.3 is 0 Å². The summed E-state index contributed by atoms with van der Waals surface area (Å²) >= 11 is 0. The van der Waals surface area contributed by atoms with Crippen LogP contribution in [-0.2, 0) is 0 Å². The number of carbonyl (C=O) groups is 1. The van der Waals surface area contributed by atoms with Gasteiger partial charge in [0.15, 0.2) is 0 Å². The van der Waals surface area contributed by atoms with Crippen molar-refractivity contribution in [1.82, 2.24) is 15.2 Å². The van der Waals surface area contributed by atoms with E-state index in [9.17, 15) is 4.79 Å². The van der Waals surface area contributed by atoms with Crippen LogP contribution in [0.5, 0.6) is 0 Å². The van der Waals surface area contributed by atoms with Crippen LogP contribution in [0.1, 0.15) is 40.8 Å². The predicted molar refractivity (Wildman–Crippen MR) is 72.2 cm³/mol. The molecule has 1 saturated carbocycles. The number of hydrogen-bond donors (Lipinski definition) is 1. The van der Waals surface area contributed by atoms with Crippen LogP contribution >= 0.6 is 0 Å². The van der Waals surface area contributed by atoms with Crippen LogP contribution < -0.4 is 4.90 Å². The highest BCUT2D eigenvalue weighted by atomic mass is 16.2. The molecule has 3 rings (SSSR count). The van der Waals surface area contributed by atoms with Gasteiger partial charge < -0.3 is 4.90 Å². The number of nitrogens with one attached hydrogen (secondary N) is 1.